The number of benzene rings is 1. The molecule has 0 unspecified atom stereocenters. The number of anilines is 1. The maximum absolute atomic E-state index is 14.1. The first-order valence-corrected chi connectivity index (χ1v) is 9.37. The Bertz CT molecular complexity index is 1030. The average molecular weight is 400 g/mol. The molecule has 1 saturated heterocycles. The van der Waals surface area contributed by atoms with E-state index in [0.29, 0.717) is 42.6 Å². The molecule has 4 rings (SSSR count). The number of likely N-dealkylation sites (N-methyl/N-ethyl adjacent to an activating group) is 1. The van der Waals surface area contributed by atoms with Crippen LogP contribution in [0.5, 0.6) is 0 Å². The molecule has 3 aromatic rings. The van der Waals surface area contributed by atoms with E-state index in [0.717, 1.165) is 17.0 Å². The van der Waals surface area contributed by atoms with E-state index in [2.05, 4.69) is 25.0 Å². The van der Waals surface area contributed by atoms with E-state index in [1.807, 2.05) is 10.6 Å². The Labute approximate surface area is 167 Å². The summed E-state index contributed by atoms with van der Waals surface area (Å²) in [5.41, 5.74) is 2.13. The number of halogens is 2. The number of fused-ring (bicyclic) bond motifs is 1. The second-order valence-electron chi connectivity index (χ2n) is 6.75. The molecule has 0 bridgehead atoms. The van der Waals surface area contributed by atoms with Crippen LogP contribution in [0.2, 0.25) is 5.02 Å². The van der Waals surface area contributed by atoms with Crippen molar-refractivity contribution in [3.63, 3.8) is 0 Å². The minimum atomic E-state index is -0.882. The van der Waals surface area contributed by atoms with Gasteiger partial charge in [-0.1, -0.05) is 17.7 Å². The summed E-state index contributed by atoms with van der Waals surface area (Å²) in [6.45, 7) is 8.73. The van der Waals surface area contributed by atoms with Crippen molar-refractivity contribution in [1.82, 2.24) is 24.8 Å². The Balaban J connectivity index is 1.77. The number of nitrogens with one attached hydrogen (secondary N) is 1. The van der Waals surface area contributed by atoms with Crippen molar-refractivity contribution in [3.8, 4) is 0 Å². The third-order valence-electron chi connectivity index (χ3n) is 5.00. The molecule has 0 spiro atoms. The molecule has 144 valence electrons. The molecule has 1 N–H and O–H groups in total. The van der Waals surface area contributed by atoms with Crippen LogP contribution in [0.25, 0.3) is 15.9 Å². The van der Waals surface area contributed by atoms with Gasteiger partial charge in [0.15, 0.2) is 5.69 Å². The van der Waals surface area contributed by atoms with Crippen molar-refractivity contribution in [2.75, 3.05) is 25.0 Å². The number of hydrogen-bond donors (Lipinski definition) is 1. The summed E-state index contributed by atoms with van der Waals surface area (Å²) in [4.78, 5) is 18.9. The number of aromatic nitrogens is 4. The zero-order chi connectivity index (χ0) is 19.7. The first kappa shape index (κ1) is 18.6. The lowest BCUT2D eigenvalue weighted by Gasteiger charge is -2.35. The largest absolute Gasteiger partial charge is 0.340 e. The van der Waals surface area contributed by atoms with Crippen molar-refractivity contribution >= 4 is 34.3 Å². The number of imidazole rings is 1. The van der Waals surface area contributed by atoms with Crippen molar-refractivity contribution in [3.05, 3.63) is 52.9 Å². The van der Waals surface area contributed by atoms with E-state index in [1.165, 1.54) is 0 Å². The van der Waals surface area contributed by atoms with Crippen LogP contribution in [-0.2, 0) is 6.54 Å². The van der Waals surface area contributed by atoms with Crippen molar-refractivity contribution in [2.24, 2.45) is 0 Å². The fraction of sp³-hybridized carbons (Fsp3) is 0.368. The maximum atomic E-state index is 14.1. The molecule has 3 heterocycles. The lowest BCUT2D eigenvalue weighted by Crippen LogP contribution is -2.51. The summed E-state index contributed by atoms with van der Waals surface area (Å²) in [6.07, 6.45) is 2.67. The molecule has 1 aromatic carbocycles. The highest BCUT2D eigenvalue weighted by atomic mass is 35.5. The molecule has 0 aliphatic carbocycles. The van der Waals surface area contributed by atoms with Crippen LogP contribution in [0.15, 0.2) is 30.6 Å². The Hall–Kier alpha value is -2.76. The highest BCUT2D eigenvalue weighted by molar-refractivity contribution is 6.30. The van der Waals surface area contributed by atoms with Crippen molar-refractivity contribution in [1.29, 1.82) is 0 Å². The van der Waals surface area contributed by atoms with E-state index in [-0.39, 0.29) is 6.04 Å². The normalized spacial score (nSPS) is 19.7. The third kappa shape index (κ3) is 3.51. The van der Waals surface area contributed by atoms with Gasteiger partial charge in [0.1, 0.15) is 12.0 Å². The van der Waals surface area contributed by atoms with Gasteiger partial charge in [-0.15, -0.1) is 0 Å². The Kier molecular flexibility index (Phi) is 5.11. The minimum absolute atomic E-state index is 0.257. The highest BCUT2D eigenvalue weighted by Gasteiger charge is 2.30. The van der Waals surface area contributed by atoms with Crippen molar-refractivity contribution < 1.29 is 4.39 Å². The molecular formula is C19H19ClFN7. The molecule has 9 heteroatoms. The van der Waals surface area contributed by atoms with Gasteiger partial charge in [0.05, 0.1) is 35.2 Å². The van der Waals surface area contributed by atoms with E-state index in [1.54, 1.807) is 31.6 Å². The molecule has 2 atom stereocenters. The van der Waals surface area contributed by atoms with Crippen LogP contribution in [0, 0.1) is 6.57 Å². The zero-order valence-corrected chi connectivity index (χ0v) is 16.1. The molecule has 1 aliphatic rings. The molecular weight excluding hydrogens is 381 g/mol. The smallest absolute Gasteiger partial charge is 0.206 e. The molecule has 0 saturated carbocycles. The fourth-order valence-corrected chi connectivity index (χ4v) is 3.61. The van der Waals surface area contributed by atoms with Gasteiger partial charge in [0.25, 0.3) is 0 Å². The Morgan fingerprint density at radius 3 is 2.86 bits per heavy atom. The third-order valence-corrected chi connectivity index (χ3v) is 5.19. The summed E-state index contributed by atoms with van der Waals surface area (Å²) in [6, 6.07) is 5.16. The molecule has 2 aromatic heterocycles. The second-order valence-corrected chi connectivity index (χ2v) is 7.18. The van der Waals surface area contributed by atoms with Gasteiger partial charge in [0.2, 0.25) is 5.95 Å². The quantitative estimate of drug-likeness (QED) is 0.682. The zero-order valence-electron chi connectivity index (χ0n) is 15.3. The first-order valence-electron chi connectivity index (χ1n) is 8.99. The Morgan fingerprint density at radius 2 is 2.14 bits per heavy atom. The van der Waals surface area contributed by atoms with Crippen LogP contribution < -0.4 is 10.2 Å². The van der Waals surface area contributed by atoms with Gasteiger partial charge in [0, 0.05) is 25.5 Å². The van der Waals surface area contributed by atoms with Gasteiger partial charge in [-0.2, -0.15) is 0 Å². The summed E-state index contributed by atoms with van der Waals surface area (Å²) < 4.78 is 16.2. The summed E-state index contributed by atoms with van der Waals surface area (Å²) in [5.74, 6) is 1.33. The lowest BCUT2D eigenvalue weighted by molar-refractivity contribution is 0.221. The van der Waals surface area contributed by atoms with E-state index in [4.69, 9.17) is 23.2 Å². The average Bonchev–Trinajstić information content (AvgIpc) is 3.07. The van der Waals surface area contributed by atoms with Crippen LogP contribution in [0.4, 0.5) is 16.0 Å². The molecule has 1 aliphatic heterocycles. The minimum Gasteiger partial charge on any atom is -0.340 e. The van der Waals surface area contributed by atoms with Gasteiger partial charge < -0.3 is 14.8 Å². The van der Waals surface area contributed by atoms with Gasteiger partial charge in [-0.05, 0) is 25.6 Å². The number of alkyl halides is 1. The predicted molar refractivity (Wildman–Crippen MR) is 107 cm³/mol. The van der Waals surface area contributed by atoms with Crippen molar-refractivity contribution in [2.45, 2.75) is 25.2 Å². The van der Waals surface area contributed by atoms with Crippen LogP contribution in [-0.4, -0.2) is 51.9 Å². The van der Waals surface area contributed by atoms with Crippen LogP contribution >= 0.6 is 11.6 Å². The van der Waals surface area contributed by atoms with E-state index < -0.39 is 6.17 Å². The number of rotatable bonds is 4. The molecule has 0 radical (unpaired) electrons. The molecule has 0 amide bonds. The first-order chi connectivity index (χ1) is 13.6. The summed E-state index contributed by atoms with van der Waals surface area (Å²) in [7, 11) is 1.77. The standard InChI is InChI=1S/C19H19ClFN7/c1-22-13-3-4-17-15(7-13)26-19(27-6-5-14(21)16(10-27)23-2)28(17)11-18-24-8-12(20)9-25-18/h3-4,7-9,14,16,23H,5-6,10-11H2,2H3/t14-,16-/m1/s1. The maximum Gasteiger partial charge on any atom is 0.206 e. The molecule has 7 nitrogen and oxygen atoms in total. The van der Waals surface area contributed by atoms with Crippen LogP contribution in [0.1, 0.15) is 12.2 Å². The SMILES string of the molecule is [C-]#[N+]c1ccc2c(c1)nc(N1CC[C@@H](F)[C@H](NC)C1)n2Cc1ncc(Cl)cn1. The van der Waals surface area contributed by atoms with E-state index >= 15 is 0 Å². The van der Waals surface area contributed by atoms with Gasteiger partial charge in [-0.3, -0.25) is 0 Å². The fourth-order valence-electron chi connectivity index (χ4n) is 3.51. The number of piperidine rings is 1. The molecule has 1 fully saturated rings. The lowest BCUT2D eigenvalue weighted by atomic mass is 10.0. The topological polar surface area (TPSA) is 63.2 Å². The predicted octanol–water partition coefficient (Wildman–Crippen LogP) is 3.21. The summed E-state index contributed by atoms with van der Waals surface area (Å²) in [5, 5.41) is 3.52. The van der Waals surface area contributed by atoms with Gasteiger partial charge in [-0.25, -0.2) is 24.2 Å². The number of nitrogens with zero attached hydrogens (tertiary/aromatic N) is 6. The Morgan fingerprint density at radius 1 is 1.36 bits per heavy atom. The summed E-state index contributed by atoms with van der Waals surface area (Å²) >= 11 is 5.90. The van der Waals surface area contributed by atoms with Gasteiger partial charge >= 0.3 is 0 Å². The second kappa shape index (κ2) is 7.70. The monoisotopic (exact) mass is 399 g/mol. The van der Waals surface area contributed by atoms with E-state index in [9.17, 15) is 4.39 Å². The van der Waals surface area contributed by atoms with Crippen LogP contribution in [0.3, 0.4) is 0 Å². The molecule has 28 heavy (non-hydrogen) atoms. The number of hydrogen-bond acceptors (Lipinski definition) is 5. The highest BCUT2D eigenvalue weighted by Crippen LogP contribution is 2.29.